The minimum absolute atomic E-state index is 0.130. The Morgan fingerprint density at radius 3 is 2.13 bits per heavy atom. The number of aryl methyl sites for hydroxylation is 1. The number of thioether (sulfide) groups is 1. The monoisotopic (exact) mass is 458 g/mol. The van der Waals surface area contributed by atoms with Gasteiger partial charge in [0.25, 0.3) is 10.1 Å². The summed E-state index contributed by atoms with van der Waals surface area (Å²) >= 11 is 1.19. The van der Waals surface area contributed by atoms with Crippen LogP contribution in [0, 0.1) is 0 Å². The van der Waals surface area contributed by atoms with Crippen LogP contribution in [-0.4, -0.2) is 37.6 Å². The molecule has 0 saturated heterocycles. The summed E-state index contributed by atoms with van der Waals surface area (Å²) in [5, 5.41) is -0.587. The first-order chi connectivity index (χ1) is 14.4. The predicted molar refractivity (Wildman–Crippen MR) is 126 cm³/mol. The van der Waals surface area contributed by atoms with Crippen LogP contribution in [0.25, 0.3) is 0 Å². The van der Waals surface area contributed by atoms with Gasteiger partial charge in [-0.2, -0.15) is 8.42 Å². The van der Waals surface area contributed by atoms with E-state index in [2.05, 4.69) is 6.92 Å². The number of carbonyl (C=O) groups is 1. The fourth-order valence-electron chi connectivity index (χ4n) is 3.48. The molecule has 1 aromatic rings. The zero-order chi connectivity index (χ0) is 22.2. The number of methoxy groups -OCH3 is 1. The average molecular weight is 459 g/mol. The molecule has 0 bridgehead atoms. The predicted octanol–water partition coefficient (Wildman–Crippen LogP) is 5.99. The Kier molecular flexibility index (Phi) is 14.1. The Morgan fingerprint density at radius 2 is 1.57 bits per heavy atom. The molecule has 0 radical (unpaired) electrons. The van der Waals surface area contributed by atoms with E-state index in [1.165, 1.54) is 76.7 Å². The largest absolute Gasteiger partial charge is 0.468 e. The summed E-state index contributed by atoms with van der Waals surface area (Å²) < 4.78 is 35.9. The van der Waals surface area contributed by atoms with Crippen LogP contribution < -0.4 is 0 Å². The summed E-state index contributed by atoms with van der Waals surface area (Å²) in [5.41, 5.74) is 1.98. The highest BCUT2D eigenvalue weighted by Crippen LogP contribution is 2.33. The Labute approximate surface area is 187 Å². The van der Waals surface area contributed by atoms with Crippen LogP contribution in [0.5, 0.6) is 0 Å². The summed E-state index contributed by atoms with van der Waals surface area (Å²) in [6.07, 6.45) is 13.6. The molecule has 0 aliphatic rings. The van der Waals surface area contributed by atoms with Crippen LogP contribution in [0.1, 0.15) is 87.5 Å². The number of ether oxygens (including phenoxy) is 1. The lowest BCUT2D eigenvalue weighted by Crippen LogP contribution is -2.16. The van der Waals surface area contributed by atoms with Crippen LogP contribution in [0.4, 0.5) is 0 Å². The maximum Gasteiger partial charge on any atom is 0.323 e. The fourth-order valence-corrected chi connectivity index (χ4v) is 5.59. The third-order valence-electron chi connectivity index (χ3n) is 5.18. The first-order valence-corrected chi connectivity index (χ1v) is 13.8. The minimum Gasteiger partial charge on any atom is -0.468 e. The van der Waals surface area contributed by atoms with Crippen LogP contribution in [-0.2, 0) is 26.1 Å². The molecule has 0 saturated carbocycles. The molecule has 1 rings (SSSR count). The van der Waals surface area contributed by atoms with E-state index in [1.54, 1.807) is 0 Å². The number of unbranched alkanes of at least 4 members (excludes halogenated alkanes) is 9. The highest BCUT2D eigenvalue weighted by atomic mass is 32.2. The summed E-state index contributed by atoms with van der Waals surface area (Å²) in [4.78, 5) is 12.3. The fraction of sp³-hybridized carbons (Fsp3) is 0.696. The molecule has 0 aromatic heterocycles. The van der Waals surface area contributed by atoms with Gasteiger partial charge >= 0.3 is 5.97 Å². The van der Waals surface area contributed by atoms with Gasteiger partial charge in [0.1, 0.15) is 5.25 Å². The van der Waals surface area contributed by atoms with Gasteiger partial charge in [0.15, 0.2) is 0 Å². The Hall–Kier alpha value is -1.05. The van der Waals surface area contributed by atoms with Gasteiger partial charge in [0.05, 0.1) is 12.9 Å². The van der Waals surface area contributed by atoms with Crippen molar-refractivity contribution in [2.45, 2.75) is 82.8 Å². The molecule has 0 amide bonds. The lowest BCUT2D eigenvalue weighted by molar-refractivity contribution is -0.140. The third-order valence-corrected chi connectivity index (χ3v) is 7.38. The van der Waals surface area contributed by atoms with Crippen LogP contribution >= 0.6 is 11.8 Å². The molecule has 0 fully saturated rings. The van der Waals surface area contributed by atoms with Gasteiger partial charge in [-0.25, -0.2) is 0 Å². The van der Waals surface area contributed by atoms with Crippen LogP contribution in [0.15, 0.2) is 24.3 Å². The second-order valence-electron chi connectivity index (χ2n) is 7.69. The molecular weight excluding hydrogens is 420 g/mol. The third kappa shape index (κ3) is 12.0. The van der Waals surface area contributed by atoms with Crippen molar-refractivity contribution >= 4 is 27.8 Å². The number of esters is 1. The van der Waals surface area contributed by atoms with Crippen molar-refractivity contribution in [1.29, 1.82) is 0 Å². The van der Waals surface area contributed by atoms with E-state index in [-0.39, 0.29) is 11.5 Å². The molecule has 30 heavy (non-hydrogen) atoms. The first-order valence-electron chi connectivity index (χ1n) is 11.1. The SMILES string of the molecule is CCCCCCCCCCCCc1ccccc1C(SCCS(=O)(=O)O)C(=O)OC. The van der Waals surface area contributed by atoms with Gasteiger partial charge in [0.2, 0.25) is 0 Å². The number of benzene rings is 1. The maximum absolute atomic E-state index is 12.3. The van der Waals surface area contributed by atoms with E-state index >= 15 is 0 Å². The molecule has 0 heterocycles. The topological polar surface area (TPSA) is 80.7 Å². The Balaban J connectivity index is 2.50. The van der Waals surface area contributed by atoms with E-state index in [1.807, 2.05) is 24.3 Å². The van der Waals surface area contributed by atoms with Gasteiger partial charge in [0, 0.05) is 5.75 Å². The normalized spacial score (nSPS) is 12.6. The van der Waals surface area contributed by atoms with E-state index in [0.29, 0.717) is 0 Å². The number of carbonyl (C=O) groups excluding carboxylic acids is 1. The van der Waals surface area contributed by atoms with Gasteiger partial charge in [-0.3, -0.25) is 9.35 Å². The molecular formula is C23H38O5S2. The highest BCUT2D eigenvalue weighted by Gasteiger charge is 2.24. The molecule has 1 aromatic carbocycles. The zero-order valence-corrected chi connectivity index (χ0v) is 20.1. The molecule has 172 valence electrons. The Morgan fingerprint density at radius 1 is 1.00 bits per heavy atom. The minimum atomic E-state index is -4.05. The number of rotatable bonds is 17. The van der Waals surface area contributed by atoms with E-state index in [4.69, 9.17) is 9.29 Å². The standard InChI is InChI=1S/C23H38O5S2/c1-3-4-5-6-7-8-9-10-11-12-15-20-16-13-14-17-21(20)22(23(24)28-2)29-18-19-30(25,26)27/h13-14,16-17,22H,3-12,15,18-19H2,1-2H3,(H,25,26,27). The van der Waals surface area contributed by atoms with Crippen LogP contribution in [0.2, 0.25) is 0 Å². The first kappa shape index (κ1) is 27.0. The van der Waals surface area contributed by atoms with Gasteiger partial charge in [-0.1, -0.05) is 89.0 Å². The van der Waals surface area contributed by atoms with Crippen molar-refractivity contribution < 1.29 is 22.5 Å². The van der Waals surface area contributed by atoms with Crippen molar-refractivity contribution in [3.05, 3.63) is 35.4 Å². The van der Waals surface area contributed by atoms with Crippen molar-refractivity contribution in [3.63, 3.8) is 0 Å². The van der Waals surface area contributed by atoms with Crippen LogP contribution in [0.3, 0.4) is 0 Å². The van der Waals surface area contributed by atoms with E-state index in [9.17, 15) is 13.2 Å². The molecule has 0 spiro atoms. The van der Waals surface area contributed by atoms with Crippen molar-refractivity contribution in [2.24, 2.45) is 0 Å². The second kappa shape index (κ2) is 15.7. The molecule has 7 heteroatoms. The van der Waals surface area contributed by atoms with Gasteiger partial charge < -0.3 is 4.74 Å². The highest BCUT2D eigenvalue weighted by molar-refractivity contribution is 8.01. The summed E-state index contributed by atoms with van der Waals surface area (Å²) in [7, 11) is -2.71. The molecule has 1 unspecified atom stereocenters. The maximum atomic E-state index is 12.3. The molecule has 0 aliphatic heterocycles. The van der Waals surface area contributed by atoms with Crippen molar-refractivity contribution in [1.82, 2.24) is 0 Å². The molecule has 5 nitrogen and oxygen atoms in total. The summed E-state index contributed by atoms with van der Waals surface area (Å²) in [6.45, 7) is 2.24. The summed E-state index contributed by atoms with van der Waals surface area (Å²) in [5.74, 6) is -0.650. The molecule has 1 atom stereocenters. The molecule has 1 N–H and O–H groups in total. The lowest BCUT2D eigenvalue weighted by Gasteiger charge is -2.18. The quantitative estimate of drug-likeness (QED) is 0.176. The summed E-state index contributed by atoms with van der Waals surface area (Å²) in [6, 6.07) is 7.79. The number of hydrogen-bond acceptors (Lipinski definition) is 5. The lowest BCUT2D eigenvalue weighted by atomic mass is 9.98. The van der Waals surface area contributed by atoms with Crippen molar-refractivity contribution in [3.8, 4) is 0 Å². The van der Waals surface area contributed by atoms with E-state index < -0.39 is 21.3 Å². The zero-order valence-electron chi connectivity index (χ0n) is 18.5. The van der Waals surface area contributed by atoms with Gasteiger partial charge in [-0.05, 0) is 24.0 Å². The average Bonchev–Trinajstić information content (AvgIpc) is 2.72. The van der Waals surface area contributed by atoms with E-state index in [0.717, 1.165) is 24.0 Å². The second-order valence-corrected chi connectivity index (χ2v) is 10.5. The Bertz CT molecular complexity index is 703. The van der Waals surface area contributed by atoms with Gasteiger partial charge in [-0.15, -0.1) is 11.8 Å². The smallest absolute Gasteiger partial charge is 0.323 e. The van der Waals surface area contributed by atoms with Crippen molar-refractivity contribution in [2.75, 3.05) is 18.6 Å². The molecule has 0 aliphatic carbocycles. The number of hydrogen-bond donors (Lipinski definition) is 1.